The molecular formula is C12H18N4O. The van der Waals surface area contributed by atoms with E-state index >= 15 is 0 Å². The number of anilines is 2. The number of carbonyl (C=O) groups excluding carboxylic acids is 1. The smallest absolute Gasteiger partial charge is 0.222 e. The fourth-order valence-corrected chi connectivity index (χ4v) is 2.27. The fraction of sp³-hybridized carbons (Fsp3) is 0.500. The van der Waals surface area contributed by atoms with E-state index in [9.17, 15) is 4.79 Å². The molecule has 1 aliphatic heterocycles. The van der Waals surface area contributed by atoms with Crippen LogP contribution in [-0.4, -0.2) is 31.0 Å². The average Bonchev–Trinajstić information content (AvgIpc) is 2.39. The number of aromatic nitrogens is 1. The summed E-state index contributed by atoms with van der Waals surface area (Å²) in [5.74, 6) is 0.284. The van der Waals surface area contributed by atoms with E-state index in [4.69, 9.17) is 5.73 Å². The molecule has 1 aromatic rings. The van der Waals surface area contributed by atoms with Crippen molar-refractivity contribution >= 4 is 17.3 Å². The molecular weight excluding hydrogens is 216 g/mol. The minimum absolute atomic E-state index is 0.138. The molecule has 1 fully saturated rings. The molecule has 1 saturated heterocycles. The Labute approximate surface area is 101 Å². The number of nitrogens with zero attached hydrogens (tertiary/aromatic N) is 2. The molecule has 2 rings (SSSR count). The van der Waals surface area contributed by atoms with E-state index < -0.39 is 0 Å². The number of hydrogen-bond donors (Lipinski definition) is 2. The zero-order valence-electron chi connectivity index (χ0n) is 10.0. The molecule has 2 heterocycles. The summed E-state index contributed by atoms with van der Waals surface area (Å²) < 4.78 is 0. The SMILES string of the molecule is CNC(=O)C1CCN(c2ccncc2N)CC1. The van der Waals surface area contributed by atoms with Crippen LogP contribution in [0, 0.1) is 5.92 Å². The van der Waals surface area contributed by atoms with Crippen LogP contribution in [0.15, 0.2) is 18.5 Å². The zero-order chi connectivity index (χ0) is 12.3. The molecule has 0 spiro atoms. The number of rotatable bonds is 2. The Morgan fingerprint density at radius 1 is 1.53 bits per heavy atom. The summed E-state index contributed by atoms with van der Waals surface area (Å²) in [7, 11) is 1.69. The lowest BCUT2D eigenvalue weighted by Gasteiger charge is -2.33. The second-order valence-corrected chi connectivity index (χ2v) is 4.31. The highest BCUT2D eigenvalue weighted by Gasteiger charge is 2.24. The van der Waals surface area contributed by atoms with Gasteiger partial charge in [-0.3, -0.25) is 9.78 Å². The van der Waals surface area contributed by atoms with Gasteiger partial charge >= 0.3 is 0 Å². The predicted octanol–water partition coefficient (Wildman–Crippen LogP) is 0.626. The molecule has 0 unspecified atom stereocenters. The molecule has 0 saturated carbocycles. The third-order valence-corrected chi connectivity index (χ3v) is 3.28. The monoisotopic (exact) mass is 234 g/mol. The first kappa shape index (κ1) is 11.7. The Balaban J connectivity index is 2.00. The van der Waals surface area contributed by atoms with Crippen molar-refractivity contribution in [2.24, 2.45) is 5.92 Å². The van der Waals surface area contributed by atoms with Crippen molar-refractivity contribution in [3.05, 3.63) is 18.5 Å². The van der Waals surface area contributed by atoms with Gasteiger partial charge in [0, 0.05) is 32.3 Å². The van der Waals surface area contributed by atoms with Crippen LogP contribution >= 0.6 is 0 Å². The number of nitrogen functional groups attached to an aromatic ring is 1. The van der Waals surface area contributed by atoms with Gasteiger partial charge in [0.15, 0.2) is 0 Å². The van der Waals surface area contributed by atoms with Crippen molar-refractivity contribution in [3.8, 4) is 0 Å². The number of carbonyl (C=O) groups is 1. The number of piperidine rings is 1. The zero-order valence-corrected chi connectivity index (χ0v) is 10.0. The van der Waals surface area contributed by atoms with E-state index in [1.807, 2.05) is 6.07 Å². The lowest BCUT2D eigenvalue weighted by molar-refractivity contribution is -0.125. The molecule has 0 radical (unpaired) electrons. The molecule has 3 N–H and O–H groups in total. The quantitative estimate of drug-likeness (QED) is 0.787. The van der Waals surface area contributed by atoms with Gasteiger partial charge in [-0.2, -0.15) is 0 Å². The van der Waals surface area contributed by atoms with Gasteiger partial charge in [0.05, 0.1) is 17.6 Å². The summed E-state index contributed by atoms with van der Waals surface area (Å²) in [5.41, 5.74) is 7.61. The third kappa shape index (κ3) is 2.49. The lowest BCUT2D eigenvalue weighted by Crippen LogP contribution is -2.39. The molecule has 0 aliphatic carbocycles. The van der Waals surface area contributed by atoms with Crippen LogP contribution in [0.5, 0.6) is 0 Å². The van der Waals surface area contributed by atoms with E-state index in [0.29, 0.717) is 5.69 Å². The Kier molecular flexibility index (Phi) is 3.46. The van der Waals surface area contributed by atoms with Crippen LogP contribution in [0.25, 0.3) is 0 Å². The van der Waals surface area contributed by atoms with Crippen molar-refractivity contribution in [3.63, 3.8) is 0 Å². The molecule has 1 aromatic heterocycles. The normalized spacial score (nSPS) is 16.9. The van der Waals surface area contributed by atoms with E-state index in [1.54, 1.807) is 19.4 Å². The van der Waals surface area contributed by atoms with Crippen molar-refractivity contribution in [1.82, 2.24) is 10.3 Å². The van der Waals surface area contributed by atoms with Crippen molar-refractivity contribution < 1.29 is 4.79 Å². The van der Waals surface area contributed by atoms with Gasteiger partial charge in [0.25, 0.3) is 0 Å². The van der Waals surface area contributed by atoms with Gasteiger partial charge in [-0.15, -0.1) is 0 Å². The third-order valence-electron chi connectivity index (χ3n) is 3.28. The molecule has 92 valence electrons. The summed E-state index contributed by atoms with van der Waals surface area (Å²) in [5, 5.41) is 2.71. The first-order chi connectivity index (χ1) is 8.22. The van der Waals surface area contributed by atoms with E-state index in [1.165, 1.54) is 0 Å². The van der Waals surface area contributed by atoms with E-state index in [2.05, 4.69) is 15.2 Å². The largest absolute Gasteiger partial charge is 0.396 e. The standard InChI is InChI=1S/C12H18N4O/c1-14-12(17)9-3-6-16(7-4-9)11-2-5-15-8-10(11)13/h2,5,8-9H,3-4,6-7,13H2,1H3,(H,14,17). The summed E-state index contributed by atoms with van der Waals surface area (Å²) >= 11 is 0. The first-order valence-electron chi connectivity index (χ1n) is 5.88. The minimum Gasteiger partial charge on any atom is -0.396 e. The van der Waals surface area contributed by atoms with Crippen LogP contribution in [-0.2, 0) is 4.79 Å². The Morgan fingerprint density at radius 2 is 2.24 bits per heavy atom. The Bertz CT molecular complexity index is 399. The van der Waals surface area contributed by atoms with Gasteiger partial charge in [0.2, 0.25) is 5.91 Å². The van der Waals surface area contributed by atoms with Crippen LogP contribution < -0.4 is 16.0 Å². The molecule has 0 aromatic carbocycles. The highest BCUT2D eigenvalue weighted by Crippen LogP contribution is 2.26. The molecule has 17 heavy (non-hydrogen) atoms. The molecule has 1 amide bonds. The van der Waals surface area contributed by atoms with Gasteiger partial charge < -0.3 is 16.0 Å². The maximum absolute atomic E-state index is 11.5. The molecule has 5 nitrogen and oxygen atoms in total. The van der Waals surface area contributed by atoms with Crippen molar-refractivity contribution in [1.29, 1.82) is 0 Å². The van der Waals surface area contributed by atoms with E-state index in [-0.39, 0.29) is 11.8 Å². The number of amides is 1. The van der Waals surface area contributed by atoms with Crippen LogP contribution in [0.1, 0.15) is 12.8 Å². The molecule has 5 heteroatoms. The topological polar surface area (TPSA) is 71.2 Å². The summed E-state index contributed by atoms with van der Waals surface area (Å²) in [6.45, 7) is 1.73. The first-order valence-corrected chi connectivity index (χ1v) is 5.88. The molecule has 0 bridgehead atoms. The summed E-state index contributed by atoms with van der Waals surface area (Å²) in [4.78, 5) is 17.7. The second kappa shape index (κ2) is 5.03. The van der Waals surface area contributed by atoms with Gasteiger partial charge in [-0.25, -0.2) is 0 Å². The summed E-state index contributed by atoms with van der Waals surface area (Å²) in [6.07, 6.45) is 5.17. The lowest BCUT2D eigenvalue weighted by atomic mass is 9.95. The molecule has 0 atom stereocenters. The number of nitrogens with one attached hydrogen (secondary N) is 1. The van der Waals surface area contributed by atoms with Gasteiger partial charge in [-0.05, 0) is 18.9 Å². The molecule has 1 aliphatic rings. The maximum atomic E-state index is 11.5. The van der Waals surface area contributed by atoms with Crippen LogP contribution in [0.2, 0.25) is 0 Å². The average molecular weight is 234 g/mol. The fourth-order valence-electron chi connectivity index (χ4n) is 2.27. The second-order valence-electron chi connectivity index (χ2n) is 4.31. The maximum Gasteiger partial charge on any atom is 0.222 e. The summed E-state index contributed by atoms with van der Waals surface area (Å²) in [6, 6.07) is 1.93. The minimum atomic E-state index is 0.138. The Morgan fingerprint density at radius 3 is 2.82 bits per heavy atom. The van der Waals surface area contributed by atoms with Crippen LogP contribution in [0.3, 0.4) is 0 Å². The Hall–Kier alpha value is -1.78. The van der Waals surface area contributed by atoms with Gasteiger partial charge in [0.1, 0.15) is 0 Å². The highest BCUT2D eigenvalue weighted by molar-refractivity contribution is 5.78. The number of hydrogen-bond acceptors (Lipinski definition) is 4. The predicted molar refractivity (Wildman–Crippen MR) is 67.7 cm³/mol. The van der Waals surface area contributed by atoms with Crippen LogP contribution in [0.4, 0.5) is 11.4 Å². The highest BCUT2D eigenvalue weighted by atomic mass is 16.1. The number of nitrogens with two attached hydrogens (primary N) is 1. The van der Waals surface area contributed by atoms with Crippen molar-refractivity contribution in [2.75, 3.05) is 30.8 Å². The van der Waals surface area contributed by atoms with E-state index in [0.717, 1.165) is 31.6 Å². The van der Waals surface area contributed by atoms with Gasteiger partial charge in [-0.1, -0.05) is 0 Å². The van der Waals surface area contributed by atoms with Crippen molar-refractivity contribution in [2.45, 2.75) is 12.8 Å². The number of pyridine rings is 1.